The maximum absolute atomic E-state index is 13.9. The summed E-state index contributed by atoms with van der Waals surface area (Å²) >= 11 is 6.49. The molecule has 10 nitrogen and oxygen atoms in total. The van der Waals surface area contributed by atoms with Gasteiger partial charge in [0.25, 0.3) is 5.56 Å². The van der Waals surface area contributed by atoms with Gasteiger partial charge < -0.3 is 15.4 Å². The summed E-state index contributed by atoms with van der Waals surface area (Å²) in [6, 6.07) is 8.90. The minimum Gasteiger partial charge on any atom is -0.444 e. The fraction of sp³-hybridized carbons (Fsp3) is 0.444. The number of benzene rings is 1. The van der Waals surface area contributed by atoms with E-state index in [-0.39, 0.29) is 41.0 Å². The topological polar surface area (TPSA) is 132 Å². The van der Waals surface area contributed by atoms with Crippen molar-refractivity contribution in [3.8, 4) is 17.9 Å². The van der Waals surface area contributed by atoms with E-state index in [4.69, 9.17) is 27.1 Å². The minimum absolute atomic E-state index is 0.0334. The molecule has 0 radical (unpaired) electrons. The Morgan fingerprint density at radius 1 is 1.26 bits per heavy atom. The fourth-order valence-electron chi connectivity index (χ4n) is 5.16. The normalized spacial score (nSPS) is 17.5. The Balaban J connectivity index is 1.91. The number of anilines is 1. The van der Waals surface area contributed by atoms with Gasteiger partial charge in [-0.05, 0) is 48.4 Å². The van der Waals surface area contributed by atoms with E-state index in [1.54, 1.807) is 35.8 Å². The molecule has 0 saturated carbocycles. The molecule has 2 aromatic heterocycles. The molecular weight excluding hydrogens is 506 g/mol. The lowest BCUT2D eigenvalue weighted by Gasteiger charge is -2.47. The van der Waals surface area contributed by atoms with Gasteiger partial charge in [-0.15, -0.1) is 5.92 Å². The first-order valence-corrected chi connectivity index (χ1v) is 12.7. The van der Waals surface area contributed by atoms with Crippen molar-refractivity contribution in [1.29, 1.82) is 5.26 Å². The highest BCUT2D eigenvalue weighted by atomic mass is 35.5. The number of ether oxygens (including phenoxy) is 1. The maximum Gasteiger partial charge on any atom is 0.404 e. The van der Waals surface area contributed by atoms with Gasteiger partial charge in [0.2, 0.25) is 11.2 Å². The number of primary amides is 1. The molecule has 2 unspecified atom stereocenters. The average Bonchev–Trinajstić information content (AvgIpc) is 3.22. The van der Waals surface area contributed by atoms with Gasteiger partial charge in [-0.3, -0.25) is 13.9 Å². The smallest absolute Gasteiger partial charge is 0.404 e. The van der Waals surface area contributed by atoms with Crippen LogP contribution in [0, 0.1) is 28.6 Å². The van der Waals surface area contributed by atoms with Crippen LogP contribution >= 0.6 is 11.6 Å². The van der Waals surface area contributed by atoms with E-state index in [0.29, 0.717) is 30.0 Å². The van der Waals surface area contributed by atoms with Gasteiger partial charge in [-0.2, -0.15) is 15.2 Å². The van der Waals surface area contributed by atoms with Crippen LogP contribution in [0.15, 0.2) is 29.1 Å². The van der Waals surface area contributed by atoms with Crippen molar-refractivity contribution in [2.45, 2.75) is 65.8 Å². The first kappa shape index (κ1) is 27.0. The molecule has 0 spiro atoms. The molecule has 1 fully saturated rings. The lowest BCUT2D eigenvalue weighted by molar-refractivity contribution is 0.0394. The summed E-state index contributed by atoms with van der Waals surface area (Å²) in [5.74, 6) is 6.42. The monoisotopic (exact) mass is 535 g/mol. The lowest BCUT2D eigenvalue weighted by Crippen LogP contribution is -2.57. The molecule has 3 aromatic rings. The number of carbonyl (C=O) groups excluding carboxylic acids is 1. The van der Waals surface area contributed by atoms with Crippen molar-refractivity contribution < 1.29 is 9.53 Å². The molecule has 0 aliphatic carbocycles. The van der Waals surface area contributed by atoms with E-state index in [0.717, 1.165) is 6.42 Å². The molecular formula is C27H30ClN7O3. The van der Waals surface area contributed by atoms with E-state index in [2.05, 4.69) is 48.6 Å². The molecule has 2 N–H and O–H groups in total. The second-order valence-electron chi connectivity index (χ2n) is 10.3. The van der Waals surface area contributed by atoms with E-state index in [9.17, 15) is 14.9 Å². The zero-order valence-electron chi connectivity index (χ0n) is 21.9. The van der Waals surface area contributed by atoms with E-state index < -0.39 is 17.8 Å². The summed E-state index contributed by atoms with van der Waals surface area (Å²) < 4.78 is 8.61. The predicted octanol–water partition coefficient (Wildman–Crippen LogP) is 3.67. The van der Waals surface area contributed by atoms with Gasteiger partial charge in [0, 0.05) is 6.54 Å². The molecule has 1 aromatic carbocycles. The van der Waals surface area contributed by atoms with Gasteiger partial charge in [0.1, 0.15) is 6.10 Å². The Morgan fingerprint density at radius 2 is 2.00 bits per heavy atom. The third-order valence-electron chi connectivity index (χ3n) is 6.67. The number of hydrogen-bond donors (Lipinski definition) is 1. The first-order valence-electron chi connectivity index (χ1n) is 12.3. The first-order chi connectivity index (χ1) is 18.1. The highest BCUT2D eigenvalue weighted by Crippen LogP contribution is 2.37. The third-order valence-corrected chi connectivity index (χ3v) is 6.95. The fourth-order valence-corrected chi connectivity index (χ4v) is 5.38. The highest BCUT2D eigenvalue weighted by molar-refractivity contribution is 6.28. The van der Waals surface area contributed by atoms with Gasteiger partial charge in [-0.1, -0.05) is 44.9 Å². The number of nitriles is 1. The Labute approximate surface area is 226 Å². The molecule has 1 amide bonds. The molecule has 0 bridgehead atoms. The Bertz CT molecular complexity index is 1530. The molecule has 4 rings (SSSR count). The van der Waals surface area contributed by atoms with Crippen LogP contribution in [0.5, 0.6) is 0 Å². The number of fused-ring (bicyclic) bond motifs is 1. The Kier molecular flexibility index (Phi) is 7.66. The number of imidazole rings is 1. The van der Waals surface area contributed by atoms with Crippen LogP contribution in [0.2, 0.25) is 5.28 Å². The number of carbonyl (C=O) groups is 1. The maximum atomic E-state index is 13.9. The number of piperidine rings is 1. The van der Waals surface area contributed by atoms with Crippen molar-refractivity contribution in [1.82, 2.24) is 19.1 Å². The van der Waals surface area contributed by atoms with Crippen LogP contribution in [-0.2, 0) is 17.8 Å². The number of hydrogen-bond acceptors (Lipinski definition) is 7. The quantitative estimate of drug-likeness (QED) is 0.389. The van der Waals surface area contributed by atoms with E-state index in [1.165, 1.54) is 4.57 Å². The van der Waals surface area contributed by atoms with Crippen LogP contribution in [0.4, 0.5) is 10.7 Å². The van der Waals surface area contributed by atoms with Crippen molar-refractivity contribution in [2.24, 2.45) is 11.1 Å². The second kappa shape index (κ2) is 10.8. The second-order valence-corrected chi connectivity index (χ2v) is 10.6. The SMILES string of the molecule is CC#CCn1c(N2CCCC(OC(N)=O)C2C(C)(C)C)nc2nc(Cl)n(Cc3ccccc3C#N)c(=O)c21. The van der Waals surface area contributed by atoms with Crippen LogP contribution in [0.3, 0.4) is 0 Å². The number of nitrogens with two attached hydrogens (primary N) is 1. The van der Waals surface area contributed by atoms with Crippen molar-refractivity contribution in [3.63, 3.8) is 0 Å². The van der Waals surface area contributed by atoms with Crippen molar-refractivity contribution in [2.75, 3.05) is 11.4 Å². The Hall–Kier alpha value is -4.02. The Morgan fingerprint density at radius 3 is 2.66 bits per heavy atom. The van der Waals surface area contributed by atoms with Crippen molar-refractivity contribution in [3.05, 3.63) is 51.0 Å². The molecule has 1 saturated heterocycles. The van der Waals surface area contributed by atoms with E-state index in [1.807, 2.05) is 0 Å². The summed E-state index contributed by atoms with van der Waals surface area (Å²) in [6.07, 6.45) is 0.107. The number of amides is 1. The zero-order chi connectivity index (χ0) is 27.6. The predicted molar refractivity (Wildman–Crippen MR) is 145 cm³/mol. The van der Waals surface area contributed by atoms with Gasteiger partial charge in [0.05, 0.1) is 30.8 Å². The zero-order valence-corrected chi connectivity index (χ0v) is 22.6. The summed E-state index contributed by atoms with van der Waals surface area (Å²) in [7, 11) is 0. The highest BCUT2D eigenvalue weighted by Gasteiger charge is 2.43. The molecule has 11 heteroatoms. The molecule has 2 atom stereocenters. The summed E-state index contributed by atoms with van der Waals surface area (Å²) in [5, 5.41) is 9.47. The number of halogens is 1. The summed E-state index contributed by atoms with van der Waals surface area (Å²) in [5.41, 5.74) is 6.23. The number of aromatic nitrogens is 4. The molecule has 1 aliphatic heterocycles. The van der Waals surface area contributed by atoms with Crippen molar-refractivity contribution >= 4 is 34.8 Å². The average molecular weight is 536 g/mol. The number of rotatable bonds is 5. The summed E-state index contributed by atoms with van der Waals surface area (Å²) in [6.45, 7) is 8.79. The minimum atomic E-state index is -0.828. The summed E-state index contributed by atoms with van der Waals surface area (Å²) in [4.78, 5) is 36.8. The molecule has 38 heavy (non-hydrogen) atoms. The van der Waals surface area contributed by atoms with Crippen LogP contribution in [-0.4, -0.2) is 43.9 Å². The number of nitrogens with zero attached hydrogens (tertiary/aromatic N) is 6. The van der Waals surface area contributed by atoms with Gasteiger partial charge >= 0.3 is 6.09 Å². The van der Waals surface area contributed by atoms with Crippen LogP contribution < -0.4 is 16.2 Å². The third kappa shape index (κ3) is 5.18. The molecule has 3 heterocycles. The van der Waals surface area contributed by atoms with Gasteiger partial charge in [0.15, 0.2) is 11.2 Å². The standard InChI is InChI=1S/C27H30ClN7O3/c1-5-6-13-33-20-22(31-24(28)35(23(20)36)16-18-11-8-7-10-17(18)15-29)32-26(33)34-14-9-12-19(38-25(30)37)21(34)27(2,3)4/h7-8,10-11,19,21H,9,12-14,16H2,1-4H3,(H2,30,37). The molecule has 198 valence electrons. The molecule has 1 aliphatic rings. The van der Waals surface area contributed by atoms with E-state index >= 15 is 0 Å². The van der Waals surface area contributed by atoms with Crippen LogP contribution in [0.1, 0.15) is 51.7 Å². The lowest BCUT2D eigenvalue weighted by atomic mass is 9.79. The van der Waals surface area contributed by atoms with Gasteiger partial charge in [-0.25, -0.2) is 4.79 Å². The van der Waals surface area contributed by atoms with Crippen LogP contribution in [0.25, 0.3) is 11.2 Å². The largest absolute Gasteiger partial charge is 0.444 e.